The minimum absolute atomic E-state index is 0.141. The minimum Gasteiger partial charge on any atom is -0.219 e. The van der Waals surface area contributed by atoms with Crippen molar-refractivity contribution in [1.82, 2.24) is 0 Å². The van der Waals surface area contributed by atoms with Crippen LogP contribution in [0.15, 0.2) is 64.4 Å². The topological polar surface area (TPSA) is 57.9 Å². The standard InChI is InChI=1S/C13H9NO2S/c14-10-11-5-4-8-13(9-11)17(15,16)12-6-2-1-3-7-12/h1-9H. The lowest BCUT2D eigenvalue weighted by molar-refractivity contribution is 0.596. The van der Waals surface area contributed by atoms with Gasteiger partial charge in [0.2, 0.25) is 9.84 Å². The summed E-state index contributed by atoms with van der Waals surface area (Å²) in [5.74, 6) is 0. The van der Waals surface area contributed by atoms with E-state index in [0.717, 1.165) is 0 Å². The summed E-state index contributed by atoms with van der Waals surface area (Å²) in [6.45, 7) is 0. The van der Waals surface area contributed by atoms with Crippen LogP contribution in [0.3, 0.4) is 0 Å². The Hall–Kier alpha value is -2.12. The number of nitriles is 1. The molecule has 4 heteroatoms. The van der Waals surface area contributed by atoms with Crippen LogP contribution in [-0.4, -0.2) is 8.42 Å². The van der Waals surface area contributed by atoms with Crippen LogP contribution in [0.4, 0.5) is 0 Å². The molecule has 0 fully saturated rings. The van der Waals surface area contributed by atoms with Gasteiger partial charge in [-0.1, -0.05) is 24.3 Å². The van der Waals surface area contributed by atoms with Crippen LogP contribution in [0, 0.1) is 11.3 Å². The van der Waals surface area contributed by atoms with Crippen molar-refractivity contribution < 1.29 is 8.42 Å². The molecule has 0 heterocycles. The van der Waals surface area contributed by atoms with Gasteiger partial charge in [-0.15, -0.1) is 0 Å². The highest BCUT2D eigenvalue weighted by molar-refractivity contribution is 7.91. The molecule has 2 aromatic carbocycles. The second-order valence-electron chi connectivity index (χ2n) is 3.46. The van der Waals surface area contributed by atoms with E-state index in [1.54, 1.807) is 30.3 Å². The van der Waals surface area contributed by atoms with Crippen LogP contribution in [0.2, 0.25) is 0 Å². The zero-order chi connectivity index (χ0) is 12.3. The molecule has 0 amide bonds. The number of hydrogen-bond acceptors (Lipinski definition) is 3. The molecule has 0 bridgehead atoms. The fourth-order valence-corrected chi connectivity index (χ4v) is 2.80. The number of rotatable bonds is 2. The van der Waals surface area contributed by atoms with Crippen LogP contribution >= 0.6 is 0 Å². The van der Waals surface area contributed by atoms with Gasteiger partial charge in [0.15, 0.2) is 0 Å². The maximum Gasteiger partial charge on any atom is 0.206 e. The Balaban J connectivity index is 2.57. The van der Waals surface area contributed by atoms with E-state index in [9.17, 15) is 8.42 Å². The van der Waals surface area contributed by atoms with E-state index in [2.05, 4.69) is 0 Å². The molecule has 2 aromatic rings. The molecule has 0 unspecified atom stereocenters. The number of sulfone groups is 1. The summed E-state index contributed by atoms with van der Waals surface area (Å²) in [5.41, 5.74) is 0.335. The normalized spacial score (nSPS) is 10.8. The van der Waals surface area contributed by atoms with E-state index >= 15 is 0 Å². The van der Waals surface area contributed by atoms with Crippen molar-refractivity contribution in [2.45, 2.75) is 9.79 Å². The summed E-state index contributed by atoms with van der Waals surface area (Å²) in [4.78, 5) is 0.373. The average molecular weight is 243 g/mol. The Morgan fingerprint density at radius 3 is 2.18 bits per heavy atom. The van der Waals surface area contributed by atoms with Crippen LogP contribution in [0.5, 0.6) is 0 Å². The molecule has 0 aromatic heterocycles. The van der Waals surface area contributed by atoms with Gasteiger partial charge in [-0.2, -0.15) is 5.26 Å². The molecule has 2 rings (SSSR count). The van der Waals surface area contributed by atoms with E-state index in [4.69, 9.17) is 5.26 Å². The second kappa shape index (κ2) is 4.40. The van der Waals surface area contributed by atoms with Gasteiger partial charge in [0, 0.05) is 0 Å². The number of hydrogen-bond donors (Lipinski definition) is 0. The first-order valence-electron chi connectivity index (χ1n) is 4.95. The molecular formula is C13H9NO2S. The van der Waals surface area contributed by atoms with E-state index < -0.39 is 9.84 Å². The zero-order valence-corrected chi connectivity index (χ0v) is 9.68. The van der Waals surface area contributed by atoms with Crippen LogP contribution in [0.1, 0.15) is 5.56 Å². The Morgan fingerprint density at radius 2 is 1.53 bits per heavy atom. The maximum atomic E-state index is 12.2. The maximum absolute atomic E-state index is 12.2. The Bertz CT molecular complexity index is 670. The van der Waals surface area contributed by atoms with Crippen LogP contribution in [-0.2, 0) is 9.84 Å². The van der Waals surface area contributed by atoms with Crippen molar-refractivity contribution in [2.75, 3.05) is 0 Å². The quantitative estimate of drug-likeness (QED) is 0.813. The summed E-state index contributed by atoms with van der Waals surface area (Å²) in [6.07, 6.45) is 0. The zero-order valence-electron chi connectivity index (χ0n) is 8.87. The van der Waals surface area contributed by atoms with Gasteiger partial charge < -0.3 is 0 Å². The molecule has 0 saturated heterocycles. The van der Waals surface area contributed by atoms with Crippen molar-refractivity contribution in [2.24, 2.45) is 0 Å². The SMILES string of the molecule is N#Cc1cccc(S(=O)(=O)c2ccccc2)c1. The molecule has 0 aliphatic heterocycles. The number of nitrogens with zero attached hydrogens (tertiary/aromatic N) is 1. The summed E-state index contributed by atoms with van der Waals surface area (Å²) in [5, 5.41) is 8.75. The van der Waals surface area contributed by atoms with Gasteiger partial charge in [0.1, 0.15) is 0 Å². The number of benzene rings is 2. The van der Waals surface area contributed by atoms with Crippen molar-refractivity contribution >= 4 is 9.84 Å². The second-order valence-corrected chi connectivity index (χ2v) is 5.41. The fraction of sp³-hybridized carbons (Fsp3) is 0. The lowest BCUT2D eigenvalue weighted by Crippen LogP contribution is -2.01. The Labute approximate surface area is 99.9 Å². The third kappa shape index (κ3) is 2.19. The molecular weight excluding hydrogens is 234 g/mol. The van der Waals surface area contributed by atoms with Crippen molar-refractivity contribution in [3.8, 4) is 6.07 Å². The minimum atomic E-state index is -3.52. The molecule has 0 N–H and O–H groups in total. The summed E-state index contributed by atoms with van der Waals surface area (Å²) in [7, 11) is -3.52. The first-order chi connectivity index (χ1) is 8.14. The molecule has 17 heavy (non-hydrogen) atoms. The summed E-state index contributed by atoms with van der Waals surface area (Å²) < 4.78 is 24.4. The molecule has 0 atom stereocenters. The van der Waals surface area contributed by atoms with Crippen molar-refractivity contribution in [3.63, 3.8) is 0 Å². The molecule has 3 nitrogen and oxygen atoms in total. The fourth-order valence-electron chi connectivity index (χ4n) is 1.47. The van der Waals surface area contributed by atoms with Gasteiger partial charge in [-0.05, 0) is 30.3 Å². The largest absolute Gasteiger partial charge is 0.219 e. The average Bonchev–Trinajstić information content (AvgIpc) is 2.40. The highest BCUT2D eigenvalue weighted by atomic mass is 32.2. The Kier molecular flexibility index (Phi) is 2.94. The third-order valence-corrected chi connectivity index (χ3v) is 4.09. The molecule has 84 valence electrons. The van der Waals surface area contributed by atoms with E-state index in [-0.39, 0.29) is 9.79 Å². The van der Waals surface area contributed by atoms with E-state index in [0.29, 0.717) is 5.56 Å². The molecule has 0 aliphatic carbocycles. The lowest BCUT2D eigenvalue weighted by Gasteiger charge is -2.04. The van der Waals surface area contributed by atoms with Gasteiger partial charge in [0.25, 0.3) is 0 Å². The third-order valence-electron chi connectivity index (χ3n) is 2.33. The van der Waals surface area contributed by atoms with Crippen molar-refractivity contribution in [3.05, 3.63) is 60.2 Å². The predicted molar refractivity (Wildman–Crippen MR) is 63.1 cm³/mol. The summed E-state index contributed by atoms with van der Waals surface area (Å²) in [6, 6.07) is 16.1. The van der Waals surface area contributed by atoms with Gasteiger partial charge in [0.05, 0.1) is 21.4 Å². The molecule has 0 saturated carbocycles. The monoisotopic (exact) mass is 243 g/mol. The predicted octanol–water partition coefficient (Wildman–Crippen LogP) is 2.39. The highest BCUT2D eigenvalue weighted by Gasteiger charge is 2.17. The first kappa shape index (κ1) is 11.4. The van der Waals surface area contributed by atoms with E-state index in [1.807, 2.05) is 6.07 Å². The van der Waals surface area contributed by atoms with Gasteiger partial charge in [-0.25, -0.2) is 8.42 Å². The van der Waals surface area contributed by atoms with Gasteiger partial charge >= 0.3 is 0 Å². The molecule has 0 radical (unpaired) electrons. The highest BCUT2D eigenvalue weighted by Crippen LogP contribution is 2.20. The van der Waals surface area contributed by atoms with Crippen LogP contribution < -0.4 is 0 Å². The van der Waals surface area contributed by atoms with Crippen molar-refractivity contribution in [1.29, 1.82) is 5.26 Å². The van der Waals surface area contributed by atoms with Crippen LogP contribution in [0.25, 0.3) is 0 Å². The molecule has 0 aliphatic rings. The van der Waals surface area contributed by atoms with E-state index in [1.165, 1.54) is 24.3 Å². The van der Waals surface area contributed by atoms with Gasteiger partial charge in [-0.3, -0.25) is 0 Å². The lowest BCUT2D eigenvalue weighted by atomic mass is 10.2. The molecule has 0 spiro atoms. The summed E-state index contributed by atoms with van der Waals surface area (Å²) >= 11 is 0. The smallest absolute Gasteiger partial charge is 0.206 e. The Morgan fingerprint density at radius 1 is 0.882 bits per heavy atom. The first-order valence-corrected chi connectivity index (χ1v) is 6.43.